The van der Waals surface area contributed by atoms with Crippen LogP contribution in [-0.4, -0.2) is 30.3 Å². The molecule has 0 aromatic heterocycles. The van der Waals surface area contributed by atoms with Crippen molar-refractivity contribution in [2.75, 3.05) is 13.6 Å². The van der Waals surface area contributed by atoms with E-state index >= 15 is 0 Å². The second-order valence-electron chi connectivity index (χ2n) is 3.42. The highest BCUT2D eigenvalue weighted by Gasteiger charge is 2.24. The van der Waals surface area contributed by atoms with Gasteiger partial charge in [0.15, 0.2) is 0 Å². The number of carbonyl (C=O) groups is 1. The first-order valence-electron chi connectivity index (χ1n) is 4.46. The van der Waals surface area contributed by atoms with E-state index in [1.54, 1.807) is 0 Å². The Bertz CT molecular complexity index is 144. The van der Waals surface area contributed by atoms with E-state index in [1.807, 2.05) is 0 Å². The quantitative estimate of drug-likeness (QED) is 0.615. The zero-order chi connectivity index (χ0) is 8.27. The van der Waals surface area contributed by atoms with Crippen molar-refractivity contribution in [1.82, 2.24) is 4.90 Å². The van der Waals surface area contributed by atoms with Crippen LogP contribution in [0.4, 0.5) is 0 Å². The molecule has 1 unspecified atom stereocenters. The van der Waals surface area contributed by atoms with Gasteiger partial charge in [0.05, 0.1) is 0 Å². The van der Waals surface area contributed by atoms with Gasteiger partial charge in [-0.15, -0.1) is 0 Å². The summed E-state index contributed by atoms with van der Waals surface area (Å²) >= 11 is 0. The van der Waals surface area contributed by atoms with Crippen LogP contribution in [0.5, 0.6) is 0 Å². The second-order valence-corrected chi connectivity index (χ2v) is 3.42. The van der Waals surface area contributed by atoms with E-state index in [2.05, 4.69) is 18.9 Å². The number of carbonyl (C=O) groups excluding carboxylic acids is 1. The Hall–Kier alpha value is -0.370. The van der Waals surface area contributed by atoms with Gasteiger partial charge in [0, 0.05) is 18.9 Å². The highest BCUT2D eigenvalue weighted by atomic mass is 16.1. The highest BCUT2D eigenvalue weighted by molar-refractivity contribution is 5.81. The molecule has 0 aromatic rings. The van der Waals surface area contributed by atoms with E-state index in [4.69, 9.17) is 0 Å². The Morgan fingerprint density at radius 3 is 2.82 bits per heavy atom. The molecule has 0 N–H and O–H groups in total. The van der Waals surface area contributed by atoms with Gasteiger partial charge in [-0.1, -0.05) is 6.92 Å². The zero-order valence-corrected chi connectivity index (χ0v) is 7.47. The lowest BCUT2D eigenvalue weighted by Crippen LogP contribution is -2.30. The molecule has 0 heterocycles. The molecular formula is C9H17NO. The molecule has 1 aliphatic carbocycles. The van der Waals surface area contributed by atoms with Gasteiger partial charge in [-0.2, -0.15) is 0 Å². The zero-order valence-electron chi connectivity index (χ0n) is 7.47. The molecule has 0 bridgehead atoms. The van der Waals surface area contributed by atoms with Crippen molar-refractivity contribution in [2.45, 2.75) is 38.6 Å². The Kier molecular flexibility index (Phi) is 3.06. The number of nitrogens with zero attached hydrogens (tertiary/aromatic N) is 1. The van der Waals surface area contributed by atoms with Crippen LogP contribution in [0.15, 0.2) is 0 Å². The minimum absolute atomic E-state index is 0.443. The molecule has 0 aliphatic heterocycles. The van der Waals surface area contributed by atoms with E-state index in [1.165, 1.54) is 6.42 Å². The van der Waals surface area contributed by atoms with Crippen LogP contribution in [0, 0.1) is 0 Å². The number of hydrogen-bond acceptors (Lipinski definition) is 2. The normalized spacial score (nSPS) is 25.0. The van der Waals surface area contributed by atoms with Gasteiger partial charge < -0.3 is 4.90 Å². The first-order valence-corrected chi connectivity index (χ1v) is 4.46. The molecule has 0 aromatic carbocycles. The minimum atomic E-state index is 0.443. The maximum atomic E-state index is 10.9. The topological polar surface area (TPSA) is 20.3 Å². The molecule has 1 rings (SSSR count). The van der Waals surface area contributed by atoms with Crippen molar-refractivity contribution in [2.24, 2.45) is 0 Å². The molecule has 64 valence electrons. The van der Waals surface area contributed by atoms with Gasteiger partial charge in [-0.3, -0.25) is 4.79 Å². The summed E-state index contributed by atoms with van der Waals surface area (Å²) in [4.78, 5) is 13.2. The maximum absolute atomic E-state index is 10.9. The maximum Gasteiger partial charge on any atom is 0.134 e. The Labute approximate surface area is 68.6 Å². The molecule has 0 saturated heterocycles. The Morgan fingerprint density at radius 2 is 2.36 bits per heavy atom. The van der Waals surface area contributed by atoms with E-state index < -0.39 is 0 Å². The van der Waals surface area contributed by atoms with E-state index in [0.29, 0.717) is 11.8 Å². The van der Waals surface area contributed by atoms with Crippen LogP contribution in [0.1, 0.15) is 32.6 Å². The smallest absolute Gasteiger partial charge is 0.134 e. The van der Waals surface area contributed by atoms with Crippen LogP contribution in [-0.2, 0) is 4.79 Å². The van der Waals surface area contributed by atoms with E-state index in [-0.39, 0.29) is 0 Å². The third-order valence-corrected chi connectivity index (χ3v) is 2.42. The van der Waals surface area contributed by atoms with Crippen molar-refractivity contribution in [3.05, 3.63) is 0 Å². The summed E-state index contributed by atoms with van der Waals surface area (Å²) < 4.78 is 0. The monoisotopic (exact) mass is 155 g/mol. The Morgan fingerprint density at radius 1 is 1.64 bits per heavy atom. The van der Waals surface area contributed by atoms with Gasteiger partial charge in [-0.25, -0.2) is 0 Å². The van der Waals surface area contributed by atoms with Crippen LogP contribution < -0.4 is 0 Å². The summed E-state index contributed by atoms with van der Waals surface area (Å²) in [6.45, 7) is 3.30. The molecule has 0 radical (unpaired) electrons. The summed E-state index contributed by atoms with van der Waals surface area (Å²) in [6.07, 6.45) is 3.85. The summed E-state index contributed by atoms with van der Waals surface area (Å²) in [7, 11) is 2.12. The summed E-state index contributed by atoms with van der Waals surface area (Å²) in [6, 6.07) is 0.544. The summed E-state index contributed by atoms with van der Waals surface area (Å²) in [5.41, 5.74) is 0. The number of ketones is 1. The third-order valence-electron chi connectivity index (χ3n) is 2.42. The standard InChI is InChI=1S/C9H17NO/c1-3-6-10(2)8-4-5-9(11)7-8/h8H,3-7H2,1-2H3. The molecule has 1 fully saturated rings. The first-order chi connectivity index (χ1) is 5.24. The average Bonchev–Trinajstić information content (AvgIpc) is 2.36. The fourth-order valence-corrected chi connectivity index (χ4v) is 1.71. The first kappa shape index (κ1) is 8.72. The van der Waals surface area contributed by atoms with Crippen molar-refractivity contribution in [3.8, 4) is 0 Å². The molecule has 0 amide bonds. The largest absolute Gasteiger partial charge is 0.303 e. The van der Waals surface area contributed by atoms with E-state index in [0.717, 1.165) is 25.8 Å². The molecule has 1 aliphatic rings. The van der Waals surface area contributed by atoms with Crippen LogP contribution in [0.25, 0.3) is 0 Å². The fourth-order valence-electron chi connectivity index (χ4n) is 1.71. The molecule has 2 heteroatoms. The summed E-state index contributed by atoms with van der Waals surface area (Å²) in [5, 5.41) is 0. The lowest BCUT2D eigenvalue weighted by molar-refractivity contribution is -0.117. The molecule has 2 nitrogen and oxygen atoms in total. The second kappa shape index (κ2) is 3.86. The van der Waals surface area contributed by atoms with Gasteiger partial charge in [-0.05, 0) is 26.4 Å². The van der Waals surface area contributed by atoms with Crippen LogP contribution in [0.3, 0.4) is 0 Å². The molecule has 1 saturated carbocycles. The lowest BCUT2D eigenvalue weighted by Gasteiger charge is -2.22. The van der Waals surface area contributed by atoms with Crippen molar-refractivity contribution >= 4 is 5.78 Å². The SMILES string of the molecule is CCCN(C)C1CCC(=O)C1. The fraction of sp³-hybridized carbons (Fsp3) is 0.889. The predicted octanol–water partition coefficient (Wildman–Crippen LogP) is 1.45. The van der Waals surface area contributed by atoms with Gasteiger partial charge >= 0.3 is 0 Å². The van der Waals surface area contributed by atoms with Gasteiger partial charge in [0.2, 0.25) is 0 Å². The molecule has 0 spiro atoms. The molecule has 1 atom stereocenters. The number of hydrogen-bond donors (Lipinski definition) is 0. The minimum Gasteiger partial charge on any atom is -0.303 e. The van der Waals surface area contributed by atoms with Gasteiger partial charge in [0.1, 0.15) is 5.78 Å². The predicted molar refractivity (Wildman–Crippen MR) is 45.6 cm³/mol. The summed E-state index contributed by atoms with van der Waals surface area (Å²) in [5.74, 6) is 0.443. The van der Waals surface area contributed by atoms with Gasteiger partial charge in [0.25, 0.3) is 0 Å². The van der Waals surface area contributed by atoms with Crippen LogP contribution in [0.2, 0.25) is 0 Å². The number of rotatable bonds is 3. The highest BCUT2D eigenvalue weighted by Crippen LogP contribution is 2.19. The van der Waals surface area contributed by atoms with E-state index in [9.17, 15) is 4.79 Å². The molecule has 11 heavy (non-hydrogen) atoms. The Balaban J connectivity index is 2.30. The molecular weight excluding hydrogens is 138 g/mol. The average molecular weight is 155 g/mol. The van der Waals surface area contributed by atoms with Crippen LogP contribution >= 0.6 is 0 Å². The number of Topliss-reactive ketones (excluding diaryl/α,β-unsaturated/α-hetero) is 1. The third kappa shape index (κ3) is 2.29. The van der Waals surface area contributed by atoms with Crippen molar-refractivity contribution < 1.29 is 4.79 Å². The van der Waals surface area contributed by atoms with Crippen molar-refractivity contribution in [1.29, 1.82) is 0 Å². The lowest BCUT2D eigenvalue weighted by atomic mass is 10.2. The van der Waals surface area contributed by atoms with Crippen molar-refractivity contribution in [3.63, 3.8) is 0 Å².